The molecule has 3 heterocycles. The Labute approximate surface area is 122 Å². The van der Waals surface area contributed by atoms with E-state index in [4.69, 9.17) is 0 Å². The van der Waals surface area contributed by atoms with Gasteiger partial charge in [0.1, 0.15) is 17.3 Å². The predicted octanol–water partition coefficient (Wildman–Crippen LogP) is 1.68. The summed E-state index contributed by atoms with van der Waals surface area (Å²) in [5.41, 5.74) is 2.43. The SMILES string of the molecule is CNc1cc(-c2cnn(C)c2)nc(-c2ccnc(C)n2)n1. The fourth-order valence-electron chi connectivity index (χ4n) is 1.97. The number of aryl methyl sites for hydroxylation is 2. The van der Waals surface area contributed by atoms with E-state index in [0.717, 1.165) is 17.1 Å². The number of nitrogens with one attached hydrogen (secondary N) is 1. The minimum absolute atomic E-state index is 0.561. The third kappa shape index (κ3) is 2.71. The van der Waals surface area contributed by atoms with E-state index in [1.807, 2.05) is 33.3 Å². The summed E-state index contributed by atoms with van der Waals surface area (Å²) in [6.45, 7) is 1.84. The Kier molecular flexibility index (Phi) is 3.31. The standard InChI is InChI=1S/C14H15N7/c1-9-16-5-4-11(18-9)14-19-12(6-13(15-2)20-14)10-7-17-21(3)8-10/h4-8H,1-3H3,(H,15,19,20). The highest BCUT2D eigenvalue weighted by atomic mass is 15.2. The zero-order chi connectivity index (χ0) is 14.8. The Hall–Kier alpha value is -2.83. The van der Waals surface area contributed by atoms with E-state index in [1.165, 1.54) is 0 Å². The first kappa shape index (κ1) is 13.2. The molecule has 21 heavy (non-hydrogen) atoms. The molecule has 7 heteroatoms. The third-order valence-corrected chi connectivity index (χ3v) is 2.99. The predicted molar refractivity (Wildman–Crippen MR) is 79.5 cm³/mol. The van der Waals surface area contributed by atoms with Gasteiger partial charge >= 0.3 is 0 Å². The Morgan fingerprint density at radius 2 is 2.00 bits per heavy atom. The molecule has 3 aromatic rings. The van der Waals surface area contributed by atoms with Crippen LogP contribution in [0.2, 0.25) is 0 Å². The van der Waals surface area contributed by atoms with Crippen LogP contribution in [0.1, 0.15) is 5.82 Å². The van der Waals surface area contributed by atoms with Crippen molar-refractivity contribution >= 4 is 5.82 Å². The molecule has 3 rings (SSSR count). The lowest BCUT2D eigenvalue weighted by molar-refractivity contribution is 0.768. The molecule has 0 fully saturated rings. The van der Waals surface area contributed by atoms with Crippen molar-refractivity contribution in [3.05, 3.63) is 36.5 Å². The summed E-state index contributed by atoms with van der Waals surface area (Å²) in [6, 6.07) is 3.68. The van der Waals surface area contributed by atoms with Crippen molar-refractivity contribution in [3.8, 4) is 22.8 Å². The van der Waals surface area contributed by atoms with Crippen molar-refractivity contribution in [3.63, 3.8) is 0 Å². The molecule has 0 aromatic carbocycles. The van der Waals surface area contributed by atoms with Crippen LogP contribution in [-0.2, 0) is 7.05 Å². The summed E-state index contributed by atoms with van der Waals surface area (Å²) >= 11 is 0. The van der Waals surface area contributed by atoms with Crippen LogP contribution in [0.5, 0.6) is 0 Å². The van der Waals surface area contributed by atoms with Gasteiger partial charge < -0.3 is 5.32 Å². The molecular weight excluding hydrogens is 266 g/mol. The second-order valence-electron chi connectivity index (χ2n) is 4.60. The summed E-state index contributed by atoms with van der Waals surface area (Å²) < 4.78 is 1.74. The van der Waals surface area contributed by atoms with E-state index in [-0.39, 0.29) is 0 Å². The average Bonchev–Trinajstić information content (AvgIpc) is 2.93. The monoisotopic (exact) mass is 281 g/mol. The Balaban J connectivity index is 2.13. The van der Waals surface area contributed by atoms with Crippen LogP contribution in [0.3, 0.4) is 0 Å². The normalized spacial score (nSPS) is 10.6. The van der Waals surface area contributed by atoms with Gasteiger partial charge in [0.25, 0.3) is 0 Å². The number of hydrogen-bond acceptors (Lipinski definition) is 6. The third-order valence-electron chi connectivity index (χ3n) is 2.99. The summed E-state index contributed by atoms with van der Waals surface area (Å²) in [6.07, 6.45) is 5.39. The van der Waals surface area contributed by atoms with Crippen molar-refractivity contribution in [2.45, 2.75) is 6.92 Å². The van der Waals surface area contributed by atoms with Gasteiger partial charge in [0.15, 0.2) is 5.82 Å². The number of anilines is 1. The highest BCUT2D eigenvalue weighted by molar-refractivity contribution is 5.65. The lowest BCUT2D eigenvalue weighted by Gasteiger charge is -2.06. The second kappa shape index (κ2) is 5.28. The summed E-state index contributed by atoms with van der Waals surface area (Å²) in [5, 5.41) is 7.22. The van der Waals surface area contributed by atoms with Crippen LogP contribution in [0.25, 0.3) is 22.8 Å². The molecule has 0 atom stereocenters. The molecule has 0 radical (unpaired) electrons. The molecule has 0 saturated carbocycles. The number of hydrogen-bond donors (Lipinski definition) is 1. The van der Waals surface area contributed by atoms with Gasteiger partial charge in [-0.05, 0) is 13.0 Å². The number of aromatic nitrogens is 6. The van der Waals surface area contributed by atoms with Crippen LogP contribution in [-0.4, -0.2) is 36.8 Å². The van der Waals surface area contributed by atoms with E-state index in [1.54, 1.807) is 23.1 Å². The van der Waals surface area contributed by atoms with Gasteiger partial charge in [0, 0.05) is 38.1 Å². The van der Waals surface area contributed by atoms with Gasteiger partial charge in [0.2, 0.25) is 0 Å². The summed E-state index contributed by atoms with van der Waals surface area (Å²) in [5.74, 6) is 1.98. The molecule has 3 aromatic heterocycles. The molecule has 0 aliphatic heterocycles. The summed E-state index contributed by atoms with van der Waals surface area (Å²) in [7, 11) is 3.70. The van der Waals surface area contributed by atoms with E-state index < -0.39 is 0 Å². The van der Waals surface area contributed by atoms with Gasteiger partial charge in [0.05, 0.1) is 11.9 Å². The molecule has 0 spiro atoms. The molecule has 0 amide bonds. The Bertz CT molecular complexity index is 778. The molecule has 106 valence electrons. The van der Waals surface area contributed by atoms with Crippen molar-refractivity contribution in [2.24, 2.45) is 7.05 Å². The quantitative estimate of drug-likeness (QED) is 0.786. The van der Waals surface area contributed by atoms with Crippen molar-refractivity contribution < 1.29 is 0 Å². The molecule has 1 N–H and O–H groups in total. The number of rotatable bonds is 3. The lowest BCUT2D eigenvalue weighted by Crippen LogP contribution is -2.00. The number of nitrogens with zero attached hydrogens (tertiary/aromatic N) is 6. The minimum Gasteiger partial charge on any atom is -0.373 e. The molecule has 7 nitrogen and oxygen atoms in total. The van der Waals surface area contributed by atoms with Gasteiger partial charge in [-0.15, -0.1) is 0 Å². The van der Waals surface area contributed by atoms with Crippen molar-refractivity contribution in [2.75, 3.05) is 12.4 Å². The van der Waals surface area contributed by atoms with E-state index in [9.17, 15) is 0 Å². The van der Waals surface area contributed by atoms with Gasteiger partial charge in [-0.25, -0.2) is 19.9 Å². The van der Waals surface area contributed by atoms with Gasteiger partial charge in [-0.3, -0.25) is 4.68 Å². The van der Waals surface area contributed by atoms with Crippen LogP contribution < -0.4 is 5.32 Å². The average molecular weight is 281 g/mol. The van der Waals surface area contributed by atoms with E-state index in [0.29, 0.717) is 17.3 Å². The maximum Gasteiger partial charge on any atom is 0.180 e. The smallest absolute Gasteiger partial charge is 0.180 e. The minimum atomic E-state index is 0.561. The Morgan fingerprint density at radius 1 is 1.14 bits per heavy atom. The summed E-state index contributed by atoms with van der Waals surface area (Å²) in [4.78, 5) is 17.5. The first-order valence-electron chi connectivity index (χ1n) is 6.51. The fourth-order valence-corrected chi connectivity index (χ4v) is 1.97. The molecule has 0 unspecified atom stereocenters. The van der Waals surface area contributed by atoms with Crippen LogP contribution in [0.4, 0.5) is 5.82 Å². The maximum atomic E-state index is 4.58. The lowest BCUT2D eigenvalue weighted by atomic mass is 10.2. The topological polar surface area (TPSA) is 81.4 Å². The zero-order valence-electron chi connectivity index (χ0n) is 12.1. The maximum absolute atomic E-state index is 4.58. The van der Waals surface area contributed by atoms with Crippen LogP contribution in [0, 0.1) is 6.92 Å². The molecule has 0 aliphatic rings. The fraction of sp³-hybridized carbons (Fsp3) is 0.214. The largest absolute Gasteiger partial charge is 0.373 e. The highest BCUT2D eigenvalue weighted by Gasteiger charge is 2.10. The van der Waals surface area contributed by atoms with E-state index in [2.05, 4.69) is 30.4 Å². The van der Waals surface area contributed by atoms with Crippen LogP contribution >= 0.6 is 0 Å². The Morgan fingerprint density at radius 3 is 2.67 bits per heavy atom. The molecule has 0 bridgehead atoms. The molecule has 0 saturated heterocycles. The van der Waals surface area contributed by atoms with E-state index >= 15 is 0 Å². The molecule has 0 aliphatic carbocycles. The van der Waals surface area contributed by atoms with Gasteiger partial charge in [-0.2, -0.15) is 5.10 Å². The van der Waals surface area contributed by atoms with Crippen molar-refractivity contribution in [1.29, 1.82) is 0 Å². The molecular formula is C14H15N7. The first-order valence-corrected chi connectivity index (χ1v) is 6.51. The van der Waals surface area contributed by atoms with Gasteiger partial charge in [-0.1, -0.05) is 0 Å². The van der Waals surface area contributed by atoms with Crippen molar-refractivity contribution in [1.82, 2.24) is 29.7 Å². The van der Waals surface area contributed by atoms with Crippen LogP contribution in [0.15, 0.2) is 30.7 Å². The first-order chi connectivity index (χ1) is 10.2. The zero-order valence-corrected chi connectivity index (χ0v) is 12.1. The second-order valence-corrected chi connectivity index (χ2v) is 4.60. The highest BCUT2D eigenvalue weighted by Crippen LogP contribution is 2.22.